The fourth-order valence-electron chi connectivity index (χ4n) is 1.89. The monoisotopic (exact) mass is 346 g/mol. The van der Waals surface area contributed by atoms with Gasteiger partial charge >= 0.3 is 0 Å². The number of hydrogen-bond donors (Lipinski definition) is 2. The molecular formula is C16H15BrN2O2. The van der Waals surface area contributed by atoms with Crippen LogP contribution in [0.2, 0.25) is 0 Å². The van der Waals surface area contributed by atoms with Crippen LogP contribution in [-0.4, -0.2) is 18.9 Å². The second kappa shape index (κ2) is 6.54. The van der Waals surface area contributed by atoms with Gasteiger partial charge in [0.15, 0.2) is 0 Å². The van der Waals surface area contributed by atoms with Crippen LogP contribution >= 0.6 is 15.9 Å². The van der Waals surface area contributed by atoms with Crippen LogP contribution in [0.15, 0.2) is 46.9 Å². The summed E-state index contributed by atoms with van der Waals surface area (Å²) in [6, 6.07) is 12.3. The summed E-state index contributed by atoms with van der Waals surface area (Å²) in [6.45, 7) is 1.88. The number of rotatable bonds is 3. The average Bonchev–Trinajstić information content (AvgIpc) is 2.49. The molecule has 0 unspecified atom stereocenters. The maximum absolute atomic E-state index is 12.3. The van der Waals surface area contributed by atoms with E-state index in [0.29, 0.717) is 16.8 Å². The van der Waals surface area contributed by atoms with Crippen LogP contribution in [0.25, 0.3) is 0 Å². The number of hydrogen-bond acceptors (Lipinski definition) is 2. The van der Waals surface area contributed by atoms with Gasteiger partial charge in [-0.3, -0.25) is 9.59 Å². The van der Waals surface area contributed by atoms with E-state index in [2.05, 4.69) is 26.6 Å². The minimum absolute atomic E-state index is 0.157. The van der Waals surface area contributed by atoms with Crippen molar-refractivity contribution >= 4 is 33.4 Å². The van der Waals surface area contributed by atoms with Crippen molar-refractivity contribution in [3.8, 4) is 0 Å². The van der Waals surface area contributed by atoms with Gasteiger partial charge in [0.1, 0.15) is 0 Å². The normalized spacial score (nSPS) is 10.0. The molecular weight excluding hydrogens is 332 g/mol. The highest BCUT2D eigenvalue weighted by Crippen LogP contribution is 2.18. The molecule has 2 aromatic carbocycles. The van der Waals surface area contributed by atoms with E-state index in [0.717, 1.165) is 10.0 Å². The summed E-state index contributed by atoms with van der Waals surface area (Å²) >= 11 is 3.36. The van der Waals surface area contributed by atoms with Gasteiger partial charge in [0.05, 0.1) is 0 Å². The zero-order chi connectivity index (χ0) is 15.4. The number of carbonyl (C=O) groups is 2. The predicted molar refractivity (Wildman–Crippen MR) is 86.7 cm³/mol. The number of carbonyl (C=O) groups excluding carboxylic acids is 2. The Labute approximate surface area is 131 Å². The van der Waals surface area contributed by atoms with Crippen molar-refractivity contribution in [2.24, 2.45) is 0 Å². The molecule has 0 saturated heterocycles. The van der Waals surface area contributed by atoms with Crippen molar-refractivity contribution in [3.05, 3.63) is 63.6 Å². The summed E-state index contributed by atoms with van der Waals surface area (Å²) in [7, 11) is 1.58. The smallest absolute Gasteiger partial charge is 0.255 e. The van der Waals surface area contributed by atoms with Crippen LogP contribution < -0.4 is 10.6 Å². The molecule has 5 heteroatoms. The quantitative estimate of drug-likeness (QED) is 0.894. The molecule has 0 aliphatic heterocycles. The highest BCUT2D eigenvalue weighted by atomic mass is 79.9. The van der Waals surface area contributed by atoms with Crippen molar-refractivity contribution in [3.63, 3.8) is 0 Å². The Bertz CT molecular complexity index is 681. The van der Waals surface area contributed by atoms with Crippen LogP contribution in [0.4, 0.5) is 5.69 Å². The number of aryl methyl sites for hydroxylation is 1. The number of amides is 2. The zero-order valence-corrected chi connectivity index (χ0v) is 13.3. The van der Waals surface area contributed by atoms with E-state index in [4.69, 9.17) is 0 Å². The number of benzene rings is 2. The Morgan fingerprint density at radius 3 is 2.29 bits per heavy atom. The van der Waals surface area contributed by atoms with Crippen molar-refractivity contribution in [2.75, 3.05) is 12.4 Å². The van der Waals surface area contributed by atoms with Gasteiger partial charge in [0, 0.05) is 28.3 Å². The number of nitrogens with one attached hydrogen (secondary N) is 2. The second-order valence-corrected chi connectivity index (χ2v) is 5.49. The first kappa shape index (κ1) is 15.3. The molecule has 0 bridgehead atoms. The van der Waals surface area contributed by atoms with Gasteiger partial charge < -0.3 is 10.6 Å². The molecule has 0 fully saturated rings. The van der Waals surface area contributed by atoms with E-state index < -0.39 is 0 Å². The lowest BCUT2D eigenvalue weighted by Crippen LogP contribution is -2.18. The summed E-state index contributed by atoms with van der Waals surface area (Å²) in [4.78, 5) is 23.7. The lowest BCUT2D eigenvalue weighted by molar-refractivity contribution is 0.0962. The Balaban J connectivity index is 2.16. The largest absolute Gasteiger partial charge is 0.355 e. The molecule has 2 rings (SSSR count). The van der Waals surface area contributed by atoms with Gasteiger partial charge in [-0.05, 0) is 48.9 Å². The third kappa shape index (κ3) is 3.70. The average molecular weight is 347 g/mol. The van der Waals surface area contributed by atoms with Crippen LogP contribution in [-0.2, 0) is 0 Å². The van der Waals surface area contributed by atoms with Crippen LogP contribution in [0.5, 0.6) is 0 Å². The van der Waals surface area contributed by atoms with Gasteiger partial charge in [-0.15, -0.1) is 0 Å². The molecule has 0 aliphatic carbocycles. The topological polar surface area (TPSA) is 58.2 Å². The van der Waals surface area contributed by atoms with Crippen LogP contribution in [0.3, 0.4) is 0 Å². The predicted octanol–water partition coefficient (Wildman–Crippen LogP) is 3.37. The minimum atomic E-state index is -0.179. The third-order valence-corrected chi connectivity index (χ3v) is 3.57. The van der Waals surface area contributed by atoms with Gasteiger partial charge in [-0.2, -0.15) is 0 Å². The first-order chi connectivity index (χ1) is 10.0. The summed E-state index contributed by atoms with van der Waals surface area (Å²) in [6.07, 6.45) is 0. The van der Waals surface area contributed by atoms with Crippen molar-refractivity contribution < 1.29 is 9.59 Å². The lowest BCUT2D eigenvalue weighted by Gasteiger charge is -2.09. The zero-order valence-electron chi connectivity index (χ0n) is 11.7. The number of halogens is 1. The van der Waals surface area contributed by atoms with E-state index in [-0.39, 0.29) is 11.8 Å². The molecule has 0 heterocycles. The van der Waals surface area contributed by atoms with Crippen LogP contribution in [0, 0.1) is 6.92 Å². The second-order valence-electron chi connectivity index (χ2n) is 4.57. The summed E-state index contributed by atoms with van der Waals surface area (Å²) < 4.78 is 0.855. The number of anilines is 1. The fraction of sp³-hybridized carbons (Fsp3) is 0.125. The molecule has 2 amide bonds. The molecule has 0 aromatic heterocycles. The molecule has 0 radical (unpaired) electrons. The Morgan fingerprint density at radius 1 is 1.00 bits per heavy atom. The summed E-state index contributed by atoms with van der Waals surface area (Å²) in [5.41, 5.74) is 2.71. The molecule has 108 valence electrons. The first-order valence-corrected chi connectivity index (χ1v) is 7.20. The first-order valence-electron chi connectivity index (χ1n) is 6.41. The molecule has 4 nitrogen and oxygen atoms in total. The van der Waals surface area contributed by atoms with E-state index in [1.165, 1.54) is 0 Å². The van der Waals surface area contributed by atoms with Gasteiger partial charge in [0.2, 0.25) is 0 Å². The van der Waals surface area contributed by atoms with E-state index >= 15 is 0 Å². The van der Waals surface area contributed by atoms with E-state index in [1.54, 1.807) is 37.4 Å². The third-order valence-electron chi connectivity index (χ3n) is 3.08. The minimum Gasteiger partial charge on any atom is -0.355 e. The molecule has 2 aromatic rings. The van der Waals surface area contributed by atoms with Crippen molar-refractivity contribution in [1.29, 1.82) is 0 Å². The molecule has 0 aliphatic rings. The fourth-order valence-corrected chi connectivity index (χ4v) is 2.25. The molecule has 2 N–H and O–H groups in total. The van der Waals surface area contributed by atoms with Gasteiger partial charge in [-0.1, -0.05) is 22.0 Å². The van der Waals surface area contributed by atoms with Gasteiger partial charge in [-0.25, -0.2) is 0 Å². The Hall–Kier alpha value is -2.14. The SMILES string of the molecule is CNC(=O)c1ccc(NC(=O)c2cc(Br)ccc2C)cc1. The Kier molecular flexibility index (Phi) is 4.75. The molecule has 0 atom stereocenters. The molecule has 0 saturated carbocycles. The summed E-state index contributed by atoms with van der Waals surface area (Å²) in [5, 5.41) is 5.37. The van der Waals surface area contributed by atoms with Crippen LogP contribution in [0.1, 0.15) is 26.3 Å². The van der Waals surface area contributed by atoms with Crippen molar-refractivity contribution in [1.82, 2.24) is 5.32 Å². The Morgan fingerprint density at radius 2 is 1.67 bits per heavy atom. The van der Waals surface area contributed by atoms with E-state index in [9.17, 15) is 9.59 Å². The maximum atomic E-state index is 12.3. The molecule has 0 spiro atoms. The standard InChI is InChI=1S/C16H15BrN2O2/c1-10-3-6-12(17)9-14(10)16(21)19-13-7-4-11(5-8-13)15(20)18-2/h3-9H,1-2H3,(H,18,20)(H,19,21). The van der Waals surface area contributed by atoms with Gasteiger partial charge in [0.25, 0.3) is 11.8 Å². The lowest BCUT2D eigenvalue weighted by atomic mass is 10.1. The highest BCUT2D eigenvalue weighted by Gasteiger charge is 2.10. The summed E-state index contributed by atoms with van der Waals surface area (Å²) in [5.74, 6) is -0.336. The van der Waals surface area contributed by atoms with E-state index in [1.807, 2.05) is 19.1 Å². The maximum Gasteiger partial charge on any atom is 0.255 e. The van der Waals surface area contributed by atoms with Crippen molar-refractivity contribution in [2.45, 2.75) is 6.92 Å². The molecule has 21 heavy (non-hydrogen) atoms. The highest BCUT2D eigenvalue weighted by molar-refractivity contribution is 9.10.